The summed E-state index contributed by atoms with van der Waals surface area (Å²) in [5.74, 6) is 0.933. The molecule has 80 valence electrons. The highest BCUT2D eigenvalue weighted by Crippen LogP contribution is 2.26. The average molecular weight is 196 g/mol. The third kappa shape index (κ3) is 1.78. The van der Waals surface area contributed by atoms with Crippen LogP contribution in [-0.2, 0) is 4.79 Å². The van der Waals surface area contributed by atoms with Crippen LogP contribution in [0, 0.1) is 5.92 Å². The van der Waals surface area contributed by atoms with Crippen molar-refractivity contribution in [2.45, 2.75) is 45.2 Å². The van der Waals surface area contributed by atoms with Gasteiger partial charge in [-0.15, -0.1) is 0 Å². The average Bonchev–Trinajstić information content (AvgIpc) is 2.43. The second-order valence-corrected chi connectivity index (χ2v) is 4.91. The van der Waals surface area contributed by atoms with Crippen LogP contribution in [0.5, 0.6) is 0 Å². The summed E-state index contributed by atoms with van der Waals surface area (Å²) in [5, 5.41) is 3.45. The zero-order chi connectivity index (χ0) is 10.1. The Hall–Kier alpha value is -0.570. The highest BCUT2D eigenvalue weighted by Gasteiger charge is 2.40. The van der Waals surface area contributed by atoms with E-state index in [-0.39, 0.29) is 0 Å². The Kier molecular flexibility index (Phi) is 2.77. The van der Waals surface area contributed by atoms with Gasteiger partial charge in [0, 0.05) is 25.0 Å². The summed E-state index contributed by atoms with van der Waals surface area (Å²) in [6.07, 6.45) is 3.12. The van der Waals surface area contributed by atoms with Gasteiger partial charge in [-0.1, -0.05) is 13.8 Å². The van der Waals surface area contributed by atoms with Gasteiger partial charge in [-0.25, -0.2) is 0 Å². The highest BCUT2D eigenvalue weighted by atomic mass is 16.2. The Morgan fingerprint density at radius 3 is 3.07 bits per heavy atom. The van der Waals surface area contributed by atoms with Crippen LogP contribution in [0.4, 0.5) is 0 Å². The second-order valence-electron chi connectivity index (χ2n) is 4.91. The van der Waals surface area contributed by atoms with Gasteiger partial charge < -0.3 is 10.2 Å². The first-order chi connectivity index (χ1) is 6.68. The molecule has 0 bridgehead atoms. The number of amides is 1. The van der Waals surface area contributed by atoms with Crippen LogP contribution in [0.1, 0.15) is 33.1 Å². The number of piperidine rings is 1. The van der Waals surface area contributed by atoms with Gasteiger partial charge in [-0.2, -0.15) is 0 Å². The van der Waals surface area contributed by atoms with Crippen LogP contribution in [0.25, 0.3) is 0 Å². The summed E-state index contributed by atoms with van der Waals surface area (Å²) in [5.41, 5.74) is 0. The molecule has 2 fully saturated rings. The number of nitrogens with zero attached hydrogens (tertiary/aromatic N) is 1. The van der Waals surface area contributed by atoms with Crippen molar-refractivity contribution in [3.05, 3.63) is 0 Å². The molecular weight excluding hydrogens is 176 g/mol. The van der Waals surface area contributed by atoms with Crippen molar-refractivity contribution in [3.63, 3.8) is 0 Å². The van der Waals surface area contributed by atoms with Crippen molar-refractivity contribution in [1.82, 2.24) is 10.2 Å². The second kappa shape index (κ2) is 3.89. The first kappa shape index (κ1) is 9.97. The number of nitrogens with one attached hydrogen (secondary N) is 1. The maximum atomic E-state index is 11.8. The Balaban J connectivity index is 2.04. The van der Waals surface area contributed by atoms with Crippen molar-refractivity contribution in [2.24, 2.45) is 5.92 Å². The van der Waals surface area contributed by atoms with E-state index in [0.717, 1.165) is 19.5 Å². The SMILES string of the molecule is CC(C)CN1C(=O)CC2NCCCC21. The summed E-state index contributed by atoms with van der Waals surface area (Å²) in [7, 11) is 0. The fourth-order valence-corrected chi connectivity index (χ4v) is 2.64. The number of rotatable bonds is 2. The monoisotopic (exact) mass is 196 g/mol. The third-order valence-corrected chi connectivity index (χ3v) is 3.22. The first-order valence-electron chi connectivity index (χ1n) is 5.71. The predicted octanol–water partition coefficient (Wildman–Crippen LogP) is 0.995. The minimum atomic E-state index is 0.350. The molecule has 1 N–H and O–H groups in total. The van der Waals surface area contributed by atoms with E-state index >= 15 is 0 Å². The lowest BCUT2D eigenvalue weighted by molar-refractivity contribution is -0.129. The lowest BCUT2D eigenvalue weighted by Crippen LogP contribution is -2.47. The van der Waals surface area contributed by atoms with Crippen molar-refractivity contribution >= 4 is 5.91 Å². The largest absolute Gasteiger partial charge is 0.338 e. The van der Waals surface area contributed by atoms with Gasteiger partial charge in [-0.3, -0.25) is 4.79 Å². The van der Waals surface area contributed by atoms with Crippen LogP contribution in [0.2, 0.25) is 0 Å². The third-order valence-electron chi connectivity index (χ3n) is 3.22. The first-order valence-corrected chi connectivity index (χ1v) is 5.71. The molecule has 3 nitrogen and oxygen atoms in total. The summed E-state index contributed by atoms with van der Waals surface area (Å²) in [6, 6.07) is 0.925. The zero-order valence-electron chi connectivity index (χ0n) is 9.12. The van der Waals surface area contributed by atoms with Crippen molar-refractivity contribution in [3.8, 4) is 0 Å². The van der Waals surface area contributed by atoms with E-state index in [9.17, 15) is 4.79 Å². The van der Waals surface area contributed by atoms with Crippen LogP contribution in [0.15, 0.2) is 0 Å². The Bertz CT molecular complexity index is 227. The number of carbonyl (C=O) groups excluding carboxylic acids is 1. The molecule has 2 rings (SSSR count). The number of likely N-dealkylation sites (tertiary alicyclic amines) is 1. The lowest BCUT2D eigenvalue weighted by Gasteiger charge is -2.33. The number of fused-ring (bicyclic) bond motifs is 1. The molecule has 2 saturated heterocycles. The van der Waals surface area contributed by atoms with Gasteiger partial charge in [0.05, 0.1) is 0 Å². The van der Waals surface area contributed by atoms with Gasteiger partial charge in [-0.05, 0) is 25.3 Å². The van der Waals surface area contributed by atoms with E-state index in [1.807, 2.05) is 0 Å². The van der Waals surface area contributed by atoms with Gasteiger partial charge in [0.2, 0.25) is 5.91 Å². The van der Waals surface area contributed by atoms with Crippen LogP contribution in [-0.4, -0.2) is 36.0 Å². The number of hydrogen-bond donors (Lipinski definition) is 1. The maximum Gasteiger partial charge on any atom is 0.224 e. The molecule has 2 atom stereocenters. The molecule has 2 unspecified atom stereocenters. The fraction of sp³-hybridized carbons (Fsp3) is 0.909. The molecule has 0 saturated carbocycles. The van der Waals surface area contributed by atoms with Gasteiger partial charge in [0.25, 0.3) is 0 Å². The minimum absolute atomic E-state index is 0.350. The standard InChI is InChI=1S/C11H20N2O/c1-8(2)7-13-10-4-3-5-12-9(10)6-11(13)14/h8-10,12H,3-7H2,1-2H3. The molecule has 1 amide bonds. The molecule has 3 heteroatoms. The van der Waals surface area contributed by atoms with E-state index in [0.29, 0.717) is 23.9 Å². The Labute approximate surface area is 85.8 Å². The molecule has 0 aliphatic carbocycles. The number of hydrogen-bond acceptors (Lipinski definition) is 2. The molecule has 0 spiro atoms. The van der Waals surface area contributed by atoms with E-state index in [1.54, 1.807) is 0 Å². The predicted molar refractivity (Wildman–Crippen MR) is 56.0 cm³/mol. The van der Waals surface area contributed by atoms with Crippen LogP contribution in [0.3, 0.4) is 0 Å². The summed E-state index contributed by atoms with van der Waals surface area (Å²) < 4.78 is 0. The lowest BCUT2D eigenvalue weighted by atomic mass is 9.99. The number of carbonyl (C=O) groups is 1. The Morgan fingerprint density at radius 2 is 2.36 bits per heavy atom. The van der Waals surface area contributed by atoms with Gasteiger partial charge in [0.15, 0.2) is 0 Å². The summed E-state index contributed by atoms with van der Waals surface area (Å²) in [4.78, 5) is 13.9. The maximum absolute atomic E-state index is 11.8. The summed E-state index contributed by atoms with van der Waals surface area (Å²) in [6.45, 7) is 6.37. The van der Waals surface area contributed by atoms with Crippen LogP contribution < -0.4 is 5.32 Å². The fourth-order valence-electron chi connectivity index (χ4n) is 2.64. The quantitative estimate of drug-likeness (QED) is 0.714. The molecule has 14 heavy (non-hydrogen) atoms. The highest BCUT2D eigenvalue weighted by molar-refractivity contribution is 5.80. The molecule has 0 aromatic heterocycles. The Morgan fingerprint density at radius 1 is 1.57 bits per heavy atom. The molecule has 0 aromatic rings. The molecule has 2 aliphatic rings. The van der Waals surface area contributed by atoms with Crippen molar-refractivity contribution in [1.29, 1.82) is 0 Å². The van der Waals surface area contributed by atoms with E-state index in [4.69, 9.17) is 0 Å². The summed E-state index contributed by atoms with van der Waals surface area (Å²) >= 11 is 0. The molecule has 0 aromatic carbocycles. The van der Waals surface area contributed by atoms with Gasteiger partial charge in [0.1, 0.15) is 0 Å². The molecule has 2 aliphatic heterocycles. The van der Waals surface area contributed by atoms with Crippen molar-refractivity contribution < 1.29 is 4.79 Å². The van der Waals surface area contributed by atoms with E-state index in [1.165, 1.54) is 12.8 Å². The molecule has 2 heterocycles. The molecule has 0 radical (unpaired) electrons. The van der Waals surface area contributed by atoms with E-state index in [2.05, 4.69) is 24.1 Å². The minimum Gasteiger partial charge on any atom is -0.338 e. The van der Waals surface area contributed by atoms with E-state index < -0.39 is 0 Å². The normalized spacial score (nSPS) is 32.5. The van der Waals surface area contributed by atoms with Crippen LogP contribution >= 0.6 is 0 Å². The zero-order valence-corrected chi connectivity index (χ0v) is 9.12. The topological polar surface area (TPSA) is 32.3 Å². The molecular formula is C11H20N2O. The van der Waals surface area contributed by atoms with Gasteiger partial charge >= 0.3 is 0 Å². The van der Waals surface area contributed by atoms with Crippen molar-refractivity contribution in [2.75, 3.05) is 13.1 Å². The smallest absolute Gasteiger partial charge is 0.224 e.